The lowest BCUT2D eigenvalue weighted by molar-refractivity contribution is -0.162. The van der Waals surface area contributed by atoms with Crippen molar-refractivity contribution in [3.05, 3.63) is 24.4 Å². The number of pyridine rings is 1. The summed E-state index contributed by atoms with van der Waals surface area (Å²) in [4.78, 5) is 8.84. The number of anilines is 1. The summed E-state index contributed by atoms with van der Waals surface area (Å²) in [6.45, 7) is 2.84. The number of hydrogen-bond acceptors (Lipinski definition) is 3. The van der Waals surface area contributed by atoms with E-state index < -0.39 is 0 Å². The van der Waals surface area contributed by atoms with Gasteiger partial charge < -0.3 is 15.8 Å². The summed E-state index contributed by atoms with van der Waals surface area (Å²) in [6, 6.07) is 5.97. The molecule has 0 aromatic carbocycles. The van der Waals surface area contributed by atoms with Crippen LogP contribution >= 0.6 is 24.0 Å². The Morgan fingerprint density at radius 3 is 2.90 bits per heavy atom. The highest BCUT2D eigenvalue weighted by Crippen LogP contribution is 2.58. The van der Waals surface area contributed by atoms with Crippen molar-refractivity contribution in [2.24, 2.45) is 16.1 Å². The van der Waals surface area contributed by atoms with Gasteiger partial charge in [-0.05, 0) is 38.3 Å². The Labute approximate surface area is 142 Å². The molecule has 6 heteroatoms. The normalized spacial score (nSPS) is 26.4. The van der Waals surface area contributed by atoms with Crippen LogP contribution in [0.1, 0.15) is 32.6 Å². The van der Waals surface area contributed by atoms with E-state index in [9.17, 15) is 0 Å². The number of ether oxygens (including phenoxy) is 1. The highest BCUT2D eigenvalue weighted by molar-refractivity contribution is 14.0. The van der Waals surface area contributed by atoms with E-state index >= 15 is 0 Å². The van der Waals surface area contributed by atoms with Gasteiger partial charge in [-0.3, -0.25) is 0 Å². The smallest absolute Gasteiger partial charge is 0.194 e. The first-order valence-corrected chi connectivity index (χ1v) is 7.37. The lowest BCUT2D eigenvalue weighted by Gasteiger charge is -2.59. The molecule has 1 aromatic rings. The summed E-state index contributed by atoms with van der Waals surface area (Å²) in [5.74, 6) is 1.19. The topological polar surface area (TPSA) is 72.5 Å². The molecule has 2 atom stereocenters. The number of guanidine groups is 1. The molecule has 1 heterocycles. The van der Waals surface area contributed by atoms with E-state index in [-0.39, 0.29) is 29.4 Å². The maximum absolute atomic E-state index is 5.99. The standard InChI is InChI=1S/C15H22N4O.HI/c1-2-20-12-10-11(15(12)7-5-8-15)18-14(16)19-13-6-3-4-9-17-13;/h3-4,6,9,11-12H,2,5,7-8,10H2,1H3,(H3,16,17,18,19);1H. The van der Waals surface area contributed by atoms with Crippen LogP contribution in [0.3, 0.4) is 0 Å². The first kappa shape index (κ1) is 16.5. The van der Waals surface area contributed by atoms with Crippen molar-refractivity contribution < 1.29 is 4.74 Å². The molecule has 0 aliphatic heterocycles. The Morgan fingerprint density at radius 1 is 1.52 bits per heavy atom. The molecule has 0 radical (unpaired) electrons. The molecule has 2 fully saturated rings. The fourth-order valence-electron chi connectivity index (χ4n) is 3.35. The molecule has 3 rings (SSSR count). The average molecular weight is 402 g/mol. The Bertz CT molecular complexity index is 490. The van der Waals surface area contributed by atoms with Crippen LogP contribution in [-0.4, -0.2) is 29.7 Å². The summed E-state index contributed by atoms with van der Waals surface area (Å²) < 4.78 is 5.82. The molecule has 0 bridgehead atoms. The summed E-state index contributed by atoms with van der Waals surface area (Å²) in [5.41, 5.74) is 6.25. The number of aromatic nitrogens is 1. The highest BCUT2D eigenvalue weighted by Gasteiger charge is 2.59. The predicted molar refractivity (Wildman–Crippen MR) is 95.0 cm³/mol. The number of hydrogen-bond donors (Lipinski definition) is 2. The van der Waals surface area contributed by atoms with Crippen LogP contribution in [0.5, 0.6) is 0 Å². The van der Waals surface area contributed by atoms with Gasteiger partial charge in [0, 0.05) is 18.2 Å². The van der Waals surface area contributed by atoms with Gasteiger partial charge in [-0.1, -0.05) is 12.5 Å². The van der Waals surface area contributed by atoms with Gasteiger partial charge in [-0.2, -0.15) is 0 Å². The van der Waals surface area contributed by atoms with E-state index in [2.05, 4.69) is 22.2 Å². The lowest BCUT2D eigenvalue weighted by Crippen LogP contribution is -2.61. The number of aliphatic imine (C=N–C) groups is 1. The summed E-state index contributed by atoms with van der Waals surface area (Å²) >= 11 is 0. The Morgan fingerprint density at radius 2 is 2.33 bits per heavy atom. The Balaban J connectivity index is 0.00000161. The van der Waals surface area contributed by atoms with E-state index in [1.165, 1.54) is 19.3 Å². The van der Waals surface area contributed by atoms with Gasteiger partial charge in [0.15, 0.2) is 5.96 Å². The van der Waals surface area contributed by atoms with Gasteiger partial charge in [0.1, 0.15) is 5.82 Å². The fourth-order valence-corrected chi connectivity index (χ4v) is 3.35. The minimum Gasteiger partial charge on any atom is -0.378 e. The second-order valence-electron chi connectivity index (χ2n) is 5.64. The largest absolute Gasteiger partial charge is 0.378 e. The molecule has 5 nitrogen and oxygen atoms in total. The molecule has 2 saturated carbocycles. The Kier molecular flexibility index (Phi) is 5.43. The van der Waals surface area contributed by atoms with Crippen molar-refractivity contribution >= 4 is 35.8 Å². The number of halogens is 1. The molecule has 2 aliphatic carbocycles. The Hall–Kier alpha value is -0.890. The van der Waals surface area contributed by atoms with Gasteiger partial charge in [-0.25, -0.2) is 9.98 Å². The zero-order chi connectivity index (χ0) is 14.0. The molecular formula is C15H23IN4O. The van der Waals surface area contributed by atoms with E-state index in [0.717, 1.165) is 18.8 Å². The first-order valence-electron chi connectivity index (χ1n) is 7.37. The van der Waals surface area contributed by atoms with Crippen molar-refractivity contribution in [3.8, 4) is 0 Å². The highest BCUT2D eigenvalue weighted by atomic mass is 127. The fraction of sp³-hybridized carbons (Fsp3) is 0.600. The van der Waals surface area contributed by atoms with Crippen LogP contribution in [0.15, 0.2) is 29.4 Å². The van der Waals surface area contributed by atoms with Crippen molar-refractivity contribution in [1.29, 1.82) is 0 Å². The second kappa shape index (κ2) is 6.91. The molecular weight excluding hydrogens is 379 g/mol. The molecule has 3 N–H and O–H groups in total. The molecule has 116 valence electrons. The first-order chi connectivity index (χ1) is 9.74. The molecule has 21 heavy (non-hydrogen) atoms. The minimum absolute atomic E-state index is 0. The van der Waals surface area contributed by atoms with Gasteiger partial charge in [0.25, 0.3) is 0 Å². The number of nitrogens with two attached hydrogens (primary N) is 1. The molecule has 2 aliphatic rings. The summed E-state index contributed by atoms with van der Waals surface area (Å²) in [5, 5.41) is 3.05. The third kappa shape index (κ3) is 3.15. The quantitative estimate of drug-likeness (QED) is 0.462. The monoisotopic (exact) mass is 402 g/mol. The third-order valence-electron chi connectivity index (χ3n) is 4.61. The van der Waals surface area contributed by atoms with E-state index in [0.29, 0.717) is 18.1 Å². The van der Waals surface area contributed by atoms with Crippen LogP contribution < -0.4 is 11.1 Å². The van der Waals surface area contributed by atoms with Gasteiger partial charge in [0.05, 0.1) is 12.1 Å². The van der Waals surface area contributed by atoms with Crippen LogP contribution in [0.25, 0.3) is 0 Å². The van der Waals surface area contributed by atoms with Gasteiger partial charge >= 0.3 is 0 Å². The molecule has 1 aromatic heterocycles. The van der Waals surface area contributed by atoms with Crippen molar-refractivity contribution in [1.82, 2.24) is 4.98 Å². The zero-order valence-electron chi connectivity index (χ0n) is 12.3. The van der Waals surface area contributed by atoms with E-state index in [1.807, 2.05) is 18.2 Å². The number of rotatable bonds is 4. The summed E-state index contributed by atoms with van der Waals surface area (Å²) in [7, 11) is 0. The average Bonchev–Trinajstić information content (AvgIpc) is 2.36. The SMILES string of the molecule is CCOC1CC(N=C(N)Nc2ccccn2)C12CCC2.I. The van der Waals surface area contributed by atoms with Gasteiger partial charge in [-0.15, -0.1) is 24.0 Å². The zero-order valence-corrected chi connectivity index (χ0v) is 14.6. The summed E-state index contributed by atoms with van der Waals surface area (Å²) in [6.07, 6.45) is 6.79. The minimum atomic E-state index is 0. The molecule has 1 spiro atoms. The van der Waals surface area contributed by atoms with Crippen LogP contribution in [0.4, 0.5) is 5.82 Å². The van der Waals surface area contributed by atoms with Crippen LogP contribution in [0, 0.1) is 5.41 Å². The van der Waals surface area contributed by atoms with Gasteiger partial charge in [0.2, 0.25) is 0 Å². The van der Waals surface area contributed by atoms with Crippen LogP contribution in [0.2, 0.25) is 0 Å². The predicted octanol–water partition coefficient (Wildman–Crippen LogP) is 2.77. The van der Waals surface area contributed by atoms with E-state index in [4.69, 9.17) is 10.5 Å². The maximum Gasteiger partial charge on any atom is 0.194 e. The van der Waals surface area contributed by atoms with E-state index in [1.54, 1.807) is 6.20 Å². The van der Waals surface area contributed by atoms with Crippen molar-refractivity contribution in [2.75, 3.05) is 11.9 Å². The maximum atomic E-state index is 5.99. The lowest BCUT2D eigenvalue weighted by atomic mass is 9.51. The number of nitrogens with one attached hydrogen (secondary N) is 1. The van der Waals surface area contributed by atoms with Crippen LogP contribution in [-0.2, 0) is 4.74 Å². The number of nitrogens with zero attached hydrogens (tertiary/aromatic N) is 2. The molecule has 0 saturated heterocycles. The van der Waals surface area contributed by atoms with Crippen molar-refractivity contribution in [2.45, 2.75) is 44.8 Å². The molecule has 0 amide bonds. The molecule has 2 unspecified atom stereocenters. The second-order valence-corrected chi connectivity index (χ2v) is 5.64. The van der Waals surface area contributed by atoms with Crippen molar-refractivity contribution in [3.63, 3.8) is 0 Å². The third-order valence-corrected chi connectivity index (χ3v) is 4.61.